The fraction of sp³-hybridized carbons (Fsp3) is 1.00. The summed E-state index contributed by atoms with van der Waals surface area (Å²) in [6.45, 7) is 9.17. The minimum Gasteiger partial charge on any atom is -0.326 e. The van der Waals surface area contributed by atoms with E-state index in [0.29, 0.717) is 17.0 Å². The maximum atomic E-state index is 6.12. The lowest BCUT2D eigenvalue weighted by atomic mass is 10.0. The standard InChI is InChI=1S/C10H20N2/c1-9(2,3)12-6-8(11)10(7-12)4-5-10/h8H,4-7,11H2,1-3H3. The fourth-order valence-corrected chi connectivity index (χ4v) is 2.19. The summed E-state index contributed by atoms with van der Waals surface area (Å²) in [7, 11) is 0. The highest BCUT2D eigenvalue weighted by Crippen LogP contribution is 2.53. The van der Waals surface area contributed by atoms with Crippen molar-refractivity contribution in [2.24, 2.45) is 11.1 Å². The Bertz CT molecular complexity index is 189. The maximum absolute atomic E-state index is 6.12. The SMILES string of the molecule is CC(C)(C)N1CC(N)C2(CC2)C1. The van der Waals surface area contributed by atoms with Gasteiger partial charge in [-0.2, -0.15) is 0 Å². The molecule has 1 saturated heterocycles. The van der Waals surface area contributed by atoms with E-state index in [0.717, 1.165) is 6.54 Å². The molecule has 2 aliphatic rings. The lowest BCUT2D eigenvalue weighted by Crippen LogP contribution is -2.40. The van der Waals surface area contributed by atoms with Crippen LogP contribution in [0.2, 0.25) is 0 Å². The van der Waals surface area contributed by atoms with Crippen molar-refractivity contribution in [2.45, 2.75) is 45.2 Å². The van der Waals surface area contributed by atoms with Gasteiger partial charge in [0.2, 0.25) is 0 Å². The molecule has 0 aromatic heterocycles. The third-order valence-corrected chi connectivity index (χ3v) is 3.55. The number of hydrogen-bond donors (Lipinski definition) is 1. The summed E-state index contributed by atoms with van der Waals surface area (Å²) < 4.78 is 0. The summed E-state index contributed by atoms with van der Waals surface area (Å²) in [5.74, 6) is 0. The molecule has 2 nitrogen and oxygen atoms in total. The van der Waals surface area contributed by atoms with E-state index in [9.17, 15) is 0 Å². The zero-order valence-corrected chi connectivity index (χ0v) is 8.43. The summed E-state index contributed by atoms with van der Waals surface area (Å²) in [6, 6.07) is 0.441. The average Bonchev–Trinajstić information content (AvgIpc) is 2.57. The number of rotatable bonds is 0. The Balaban J connectivity index is 2.06. The first kappa shape index (κ1) is 8.52. The van der Waals surface area contributed by atoms with E-state index < -0.39 is 0 Å². The first-order valence-electron chi connectivity index (χ1n) is 4.95. The zero-order valence-electron chi connectivity index (χ0n) is 8.43. The average molecular weight is 168 g/mol. The molecule has 2 fully saturated rings. The van der Waals surface area contributed by atoms with Gasteiger partial charge in [-0.05, 0) is 39.0 Å². The van der Waals surface area contributed by atoms with Crippen LogP contribution in [0.25, 0.3) is 0 Å². The van der Waals surface area contributed by atoms with E-state index in [1.54, 1.807) is 0 Å². The molecule has 1 spiro atoms. The fourth-order valence-electron chi connectivity index (χ4n) is 2.19. The van der Waals surface area contributed by atoms with E-state index in [2.05, 4.69) is 25.7 Å². The molecule has 1 aliphatic carbocycles. The molecule has 1 atom stereocenters. The summed E-state index contributed by atoms with van der Waals surface area (Å²) in [5.41, 5.74) is 6.96. The van der Waals surface area contributed by atoms with Gasteiger partial charge in [0.05, 0.1) is 0 Å². The van der Waals surface area contributed by atoms with Gasteiger partial charge in [0, 0.05) is 24.7 Å². The number of hydrogen-bond acceptors (Lipinski definition) is 2. The minimum absolute atomic E-state index is 0.309. The second-order valence-electron chi connectivity index (χ2n) is 5.52. The summed E-state index contributed by atoms with van der Waals surface area (Å²) in [5, 5.41) is 0. The van der Waals surface area contributed by atoms with Gasteiger partial charge in [0.15, 0.2) is 0 Å². The Kier molecular flexibility index (Phi) is 1.59. The van der Waals surface area contributed by atoms with E-state index in [1.807, 2.05) is 0 Å². The second kappa shape index (κ2) is 2.24. The Morgan fingerprint density at radius 3 is 2.17 bits per heavy atom. The molecule has 2 heteroatoms. The normalized spacial score (nSPS) is 34.5. The number of nitrogens with two attached hydrogens (primary N) is 1. The van der Waals surface area contributed by atoms with Crippen molar-refractivity contribution in [2.75, 3.05) is 13.1 Å². The molecule has 70 valence electrons. The Hall–Kier alpha value is -0.0800. The first-order chi connectivity index (χ1) is 5.44. The van der Waals surface area contributed by atoms with Crippen molar-refractivity contribution in [3.05, 3.63) is 0 Å². The molecule has 1 saturated carbocycles. The van der Waals surface area contributed by atoms with E-state index in [-0.39, 0.29) is 0 Å². The van der Waals surface area contributed by atoms with Crippen molar-refractivity contribution >= 4 is 0 Å². The van der Waals surface area contributed by atoms with Crippen LogP contribution in [0, 0.1) is 5.41 Å². The lowest BCUT2D eigenvalue weighted by Gasteiger charge is -2.31. The highest BCUT2D eigenvalue weighted by atomic mass is 15.2. The van der Waals surface area contributed by atoms with Crippen LogP contribution in [0.5, 0.6) is 0 Å². The van der Waals surface area contributed by atoms with Crippen LogP contribution in [0.15, 0.2) is 0 Å². The molecule has 0 aromatic carbocycles. The Morgan fingerprint density at radius 2 is 1.92 bits per heavy atom. The van der Waals surface area contributed by atoms with E-state index >= 15 is 0 Å². The molecule has 0 radical (unpaired) electrons. The number of likely N-dealkylation sites (tertiary alicyclic amines) is 1. The van der Waals surface area contributed by atoms with Crippen LogP contribution in [-0.2, 0) is 0 Å². The van der Waals surface area contributed by atoms with Crippen LogP contribution in [0.3, 0.4) is 0 Å². The van der Waals surface area contributed by atoms with Gasteiger partial charge >= 0.3 is 0 Å². The van der Waals surface area contributed by atoms with Crippen LogP contribution < -0.4 is 5.73 Å². The third kappa shape index (κ3) is 1.17. The minimum atomic E-state index is 0.309. The highest BCUT2D eigenvalue weighted by Gasteiger charge is 2.54. The van der Waals surface area contributed by atoms with Gasteiger partial charge in [0.25, 0.3) is 0 Å². The van der Waals surface area contributed by atoms with Gasteiger partial charge < -0.3 is 5.73 Å². The smallest absolute Gasteiger partial charge is 0.0237 e. The molecule has 12 heavy (non-hydrogen) atoms. The van der Waals surface area contributed by atoms with Gasteiger partial charge in [-0.3, -0.25) is 4.90 Å². The van der Waals surface area contributed by atoms with Crippen LogP contribution >= 0.6 is 0 Å². The van der Waals surface area contributed by atoms with Crippen molar-refractivity contribution in [3.8, 4) is 0 Å². The Morgan fingerprint density at radius 1 is 1.33 bits per heavy atom. The molecular weight excluding hydrogens is 148 g/mol. The largest absolute Gasteiger partial charge is 0.326 e. The predicted octanol–water partition coefficient (Wildman–Crippen LogP) is 1.21. The predicted molar refractivity (Wildman–Crippen MR) is 51.0 cm³/mol. The lowest BCUT2D eigenvalue weighted by molar-refractivity contribution is 0.165. The van der Waals surface area contributed by atoms with Gasteiger partial charge in [-0.15, -0.1) is 0 Å². The molecule has 0 bridgehead atoms. The molecule has 2 rings (SSSR count). The molecule has 2 N–H and O–H groups in total. The second-order valence-corrected chi connectivity index (χ2v) is 5.52. The van der Waals surface area contributed by atoms with Crippen molar-refractivity contribution in [1.82, 2.24) is 4.90 Å². The quantitative estimate of drug-likeness (QED) is 0.589. The number of nitrogens with zero attached hydrogens (tertiary/aromatic N) is 1. The topological polar surface area (TPSA) is 29.3 Å². The molecule has 0 aromatic rings. The summed E-state index contributed by atoms with van der Waals surface area (Å²) in [4.78, 5) is 2.53. The summed E-state index contributed by atoms with van der Waals surface area (Å²) >= 11 is 0. The van der Waals surface area contributed by atoms with Crippen molar-refractivity contribution in [3.63, 3.8) is 0 Å². The van der Waals surface area contributed by atoms with Crippen LogP contribution in [-0.4, -0.2) is 29.6 Å². The zero-order chi connectivity index (χ0) is 8.98. The third-order valence-electron chi connectivity index (χ3n) is 3.55. The molecular formula is C10H20N2. The maximum Gasteiger partial charge on any atom is 0.0237 e. The van der Waals surface area contributed by atoms with Gasteiger partial charge in [-0.1, -0.05) is 0 Å². The van der Waals surface area contributed by atoms with Gasteiger partial charge in [0.1, 0.15) is 0 Å². The van der Waals surface area contributed by atoms with E-state index in [1.165, 1.54) is 19.4 Å². The van der Waals surface area contributed by atoms with Crippen molar-refractivity contribution in [1.29, 1.82) is 0 Å². The monoisotopic (exact) mass is 168 g/mol. The summed E-state index contributed by atoms with van der Waals surface area (Å²) in [6.07, 6.45) is 2.72. The molecule has 0 amide bonds. The van der Waals surface area contributed by atoms with Crippen LogP contribution in [0.4, 0.5) is 0 Å². The molecule has 1 heterocycles. The van der Waals surface area contributed by atoms with Crippen molar-refractivity contribution < 1.29 is 0 Å². The molecule has 1 unspecified atom stereocenters. The van der Waals surface area contributed by atoms with Gasteiger partial charge in [-0.25, -0.2) is 0 Å². The van der Waals surface area contributed by atoms with E-state index in [4.69, 9.17) is 5.73 Å². The Labute approximate surface area is 75.1 Å². The molecule has 1 aliphatic heterocycles. The highest BCUT2D eigenvalue weighted by molar-refractivity contribution is 5.10. The first-order valence-corrected chi connectivity index (χ1v) is 4.95. The van der Waals surface area contributed by atoms with Crippen LogP contribution in [0.1, 0.15) is 33.6 Å².